The Labute approximate surface area is 149 Å². The van der Waals surface area contributed by atoms with E-state index in [1.807, 2.05) is 12.4 Å². The second-order valence-corrected chi connectivity index (χ2v) is 6.84. The summed E-state index contributed by atoms with van der Waals surface area (Å²) in [5.74, 6) is 1.31. The molecule has 2 aromatic rings. The van der Waals surface area contributed by atoms with Crippen LogP contribution in [-0.4, -0.2) is 48.1 Å². The van der Waals surface area contributed by atoms with Crippen molar-refractivity contribution < 1.29 is 0 Å². The summed E-state index contributed by atoms with van der Waals surface area (Å²) in [5, 5.41) is 0. The summed E-state index contributed by atoms with van der Waals surface area (Å²) in [6.07, 6.45) is 13.7. The summed E-state index contributed by atoms with van der Waals surface area (Å²) in [6, 6.07) is 8.74. The Bertz CT molecular complexity index is 771. The first-order chi connectivity index (χ1) is 12.3. The molecule has 0 amide bonds. The van der Waals surface area contributed by atoms with Gasteiger partial charge in [0.05, 0.1) is 0 Å². The van der Waals surface area contributed by atoms with Gasteiger partial charge in [0.15, 0.2) is 0 Å². The van der Waals surface area contributed by atoms with Gasteiger partial charge in [0, 0.05) is 50.1 Å². The highest BCUT2D eigenvalue weighted by molar-refractivity contribution is 5.63. The number of aromatic nitrogens is 2. The third kappa shape index (κ3) is 3.64. The summed E-state index contributed by atoms with van der Waals surface area (Å²) in [4.78, 5) is 13.8. The fraction of sp³-hybridized carbons (Fsp3) is 0.333. The second kappa shape index (κ2) is 7.19. The second-order valence-electron chi connectivity index (χ2n) is 6.84. The molecule has 1 saturated heterocycles. The van der Waals surface area contributed by atoms with Crippen molar-refractivity contribution in [2.45, 2.75) is 12.3 Å². The van der Waals surface area contributed by atoms with Crippen LogP contribution < -0.4 is 4.90 Å². The highest BCUT2D eigenvalue weighted by atomic mass is 15.3. The van der Waals surface area contributed by atoms with E-state index in [9.17, 15) is 0 Å². The normalized spacial score (nSPS) is 20.8. The average molecular weight is 332 g/mol. The lowest BCUT2D eigenvalue weighted by Crippen LogP contribution is -2.45. The molecule has 0 N–H and O–H groups in total. The molecule has 4 heteroatoms. The SMILES string of the molecule is CN1CCN(c2ncc(-c3cccc(C4C=CC=CC4)c3)cn2)CC1. The molecule has 2 aliphatic rings. The summed E-state index contributed by atoms with van der Waals surface area (Å²) < 4.78 is 0. The van der Waals surface area contributed by atoms with E-state index in [-0.39, 0.29) is 0 Å². The molecule has 0 saturated carbocycles. The van der Waals surface area contributed by atoms with Gasteiger partial charge in [-0.1, -0.05) is 48.6 Å². The molecule has 1 unspecified atom stereocenters. The van der Waals surface area contributed by atoms with Crippen LogP contribution in [0.4, 0.5) is 5.95 Å². The third-order valence-corrected chi connectivity index (χ3v) is 5.05. The van der Waals surface area contributed by atoms with Crippen LogP contribution in [0.2, 0.25) is 0 Å². The van der Waals surface area contributed by atoms with Crippen LogP contribution in [0.15, 0.2) is 61.0 Å². The van der Waals surface area contributed by atoms with Crippen LogP contribution in [0, 0.1) is 0 Å². The molecule has 25 heavy (non-hydrogen) atoms. The maximum absolute atomic E-state index is 4.62. The molecule has 1 aliphatic carbocycles. The van der Waals surface area contributed by atoms with Gasteiger partial charge in [0.2, 0.25) is 5.95 Å². The van der Waals surface area contributed by atoms with E-state index in [1.165, 1.54) is 11.1 Å². The zero-order chi connectivity index (χ0) is 17.1. The molecule has 1 atom stereocenters. The Morgan fingerprint density at radius 1 is 0.960 bits per heavy atom. The maximum Gasteiger partial charge on any atom is 0.225 e. The van der Waals surface area contributed by atoms with E-state index < -0.39 is 0 Å². The molecule has 1 fully saturated rings. The first kappa shape index (κ1) is 16.0. The van der Waals surface area contributed by atoms with Crippen molar-refractivity contribution in [2.24, 2.45) is 0 Å². The van der Waals surface area contributed by atoms with Gasteiger partial charge in [-0.25, -0.2) is 9.97 Å². The van der Waals surface area contributed by atoms with Crippen molar-refractivity contribution in [3.63, 3.8) is 0 Å². The summed E-state index contributed by atoms with van der Waals surface area (Å²) >= 11 is 0. The monoisotopic (exact) mass is 332 g/mol. The lowest BCUT2D eigenvalue weighted by Gasteiger charge is -2.32. The fourth-order valence-corrected chi connectivity index (χ4v) is 3.42. The average Bonchev–Trinajstić information content (AvgIpc) is 2.70. The third-order valence-electron chi connectivity index (χ3n) is 5.05. The van der Waals surface area contributed by atoms with Crippen LogP contribution in [0.5, 0.6) is 0 Å². The van der Waals surface area contributed by atoms with Gasteiger partial charge in [-0.05, 0) is 24.6 Å². The van der Waals surface area contributed by atoms with E-state index in [4.69, 9.17) is 0 Å². The van der Waals surface area contributed by atoms with Gasteiger partial charge in [0.25, 0.3) is 0 Å². The largest absolute Gasteiger partial charge is 0.338 e. The molecule has 128 valence electrons. The molecule has 4 rings (SSSR count). The van der Waals surface area contributed by atoms with Crippen molar-refractivity contribution in [1.82, 2.24) is 14.9 Å². The van der Waals surface area contributed by atoms with Gasteiger partial charge in [0.1, 0.15) is 0 Å². The molecule has 0 bridgehead atoms. The van der Waals surface area contributed by atoms with Crippen molar-refractivity contribution >= 4 is 5.95 Å². The van der Waals surface area contributed by atoms with Crippen molar-refractivity contribution in [2.75, 3.05) is 38.1 Å². The number of rotatable bonds is 3. The number of piperazine rings is 1. The number of hydrogen-bond acceptors (Lipinski definition) is 4. The molecule has 2 heterocycles. The minimum Gasteiger partial charge on any atom is -0.338 e. The molecule has 1 aromatic heterocycles. The highest BCUT2D eigenvalue weighted by Gasteiger charge is 2.16. The van der Waals surface area contributed by atoms with Gasteiger partial charge >= 0.3 is 0 Å². The van der Waals surface area contributed by atoms with Gasteiger partial charge in [-0.2, -0.15) is 0 Å². The van der Waals surface area contributed by atoms with Crippen LogP contribution in [0.3, 0.4) is 0 Å². The number of anilines is 1. The summed E-state index contributed by atoms with van der Waals surface area (Å²) in [6.45, 7) is 4.12. The molecule has 0 spiro atoms. The number of benzene rings is 1. The molecule has 4 nitrogen and oxygen atoms in total. The van der Waals surface area contributed by atoms with Crippen LogP contribution in [0.25, 0.3) is 11.1 Å². The molecule has 1 aliphatic heterocycles. The van der Waals surface area contributed by atoms with E-state index in [1.54, 1.807) is 0 Å². The smallest absolute Gasteiger partial charge is 0.225 e. The molecular weight excluding hydrogens is 308 g/mol. The van der Waals surface area contributed by atoms with Crippen molar-refractivity contribution in [1.29, 1.82) is 0 Å². The van der Waals surface area contributed by atoms with E-state index >= 15 is 0 Å². The Morgan fingerprint density at radius 3 is 2.48 bits per heavy atom. The van der Waals surface area contributed by atoms with Crippen molar-refractivity contribution in [3.05, 3.63) is 66.5 Å². The molecule has 1 aromatic carbocycles. The number of allylic oxidation sites excluding steroid dienone is 4. The lowest BCUT2D eigenvalue weighted by atomic mass is 9.91. The minimum absolute atomic E-state index is 0.468. The van der Waals surface area contributed by atoms with E-state index in [0.717, 1.165) is 44.1 Å². The number of nitrogens with zero attached hydrogens (tertiary/aromatic N) is 4. The quantitative estimate of drug-likeness (QED) is 0.861. The van der Waals surface area contributed by atoms with Gasteiger partial charge < -0.3 is 9.80 Å². The summed E-state index contributed by atoms with van der Waals surface area (Å²) in [5.41, 5.74) is 3.61. The van der Waals surface area contributed by atoms with Crippen LogP contribution in [-0.2, 0) is 0 Å². The molecular formula is C21H24N4. The summed E-state index contributed by atoms with van der Waals surface area (Å²) in [7, 11) is 2.16. The first-order valence-electron chi connectivity index (χ1n) is 8.99. The standard InChI is InChI=1S/C21H24N4/c1-24-10-12-25(13-11-24)21-22-15-20(16-23-21)19-9-5-8-18(14-19)17-6-3-2-4-7-17/h2-6,8-9,14-17H,7,10-13H2,1H3. The molecule has 0 radical (unpaired) electrons. The van der Waals surface area contributed by atoms with Crippen molar-refractivity contribution in [3.8, 4) is 11.1 Å². The van der Waals surface area contributed by atoms with Gasteiger partial charge in [-0.15, -0.1) is 0 Å². The Kier molecular flexibility index (Phi) is 4.61. The zero-order valence-electron chi connectivity index (χ0n) is 14.7. The van der Waals surface area contributed by atoms with Crippen LogP contribution in [0.1, 0.15) is 17.9 Å². The zero-order valence-corrected chi connectivity index (χ0v) is 14.7. The van der Waals surface area contributed by atoms with Crippen LogP contribution >= 0.6 is 0 Å². The Morgan fingerprint density at radius 2 is 1.76 bits per heavy atom. The minimum atomic E-state index is 0.468. The predicted molar refractivity (Wildman–Crippen MR) is 103 cm³/mol. The lowest BCUT2D eigenvalue weighted by molar-refractivity contribution is 0.311. The van der Waals surface area contributed by atoms with E-state index in [0.29, 0.717) is 5.92 Å². The number of hydrogen-bond donors (Lipinski definition) is 0. The first-order valence-corrected chi connectivity index (χ1v) is 8.99. The maximum atomic E-state index is 4.62. The number of likely N-dealkylation sites (N-methyl/N-ethyl adjacent to an activating group) is 1. The topological polar surface area (TPSA) is 32.3 Å². The Balaban J connectivity index is 1.52. The van der Waals surface area contributed by atoms with E-state index in [2.05, 4.69) is 75.4 Å². The Hall–Kier alpha value is -2.46. The predicted octanol–water partition coefficient (Wildman–Crippen LogP) is 3.50. The fourth-order valence-electron chi connectivity index (χ4n) is 3.42. The van der Waals surface area contributed by atoms with Gasteiger partial charge in [-0.3, -0.25) is 0 Å². The highest BCUT2D eigenvalue weighted by Crippen LogP contribution is 2.28.